The van der Waals surface area contributed by atoms with Gasteiger partial charge in [-0.2, -0.15) is 14.6 Å². The van der Waals surface area contributed by atoms with Crippen LogP contribution in [-0.2, 0) is 6.54 Å². The maximum Gasteiger partial charge on any atom is 0.275 e. The Balaban J connectivity index is 2.36. The van der Waals surface area contributed by atoms with Gasteiger partial charge in [0.15, 0.2) is 0 Å². The van der Waals surface area contributed by atoms with Gasteiger partial charge in [0.2, 0.25) is 5.78 Å². The van der Waals surface area contributed by atoms with E-state index < -0.39 is 0 Å². The number of fused-ring (bicyclic) bond motifs is 1. The first kappa shape index (κ1) is 11.6. The van der Waals surface area contributed by atoms with Crippen LogP contribution in [0.2, 0.25) is 0 Å². The van der Waals surface area contributed by atoms with Crippen molar-refractivity contribution in [3.8, 4) is 0 Å². The van der Waals surface area contributed by atoms with E-state index in [-0.39, 0.29) is 5.56 Å². The monoisotopic (exact) mass is 232 g/mol. The third-order valence-electron chi connectivity index (χ3n) is 2.66. The number of nitrogens with zero attached hydrogens (tertiary/aromatic N) is 4. The zero-order valence-corrected chi connectivity index (χ0v) is 10.1. The van der Waals surface area contributed by atoms with Crippen molar-refractivity contribution in [2.45, 2.75) is 33.2 Å². The molecule has 90 valence electrons. The van der Waals surface area contributed by atoms with Gasteiger partial charge < -0.3 is 4.57 Å². The summed E-state index contributed by atoms with van der Waals surface area (Å²) >= 11 is 0. The van der Waals surface area contributed by atoms with Crippen LogP contribution in [0.15, 0.2) is 29.3 Å². The number of hydrogen-bond donors (Lipinski definition) is 0. The summed E-state index contributed by atoms with van der Waals surface area (Å²) in [5.41, 5.74) is 0.788. The molecule has 0 aliphatic carbocycles. The molecule has 2 heterocycles. The second-order valence-electron chi connectivity index (χ2n) is 3.92. The highest BCUT2D eigenvalue weighted by Crippen LogP contribution is 2.03. The molecule has 0 radical (unpaired) electrons. The van der Waals surface area contributed by atoms with E-state index in [9.17, 15) is 4.79 Å². The van der Waals surface area contributed by atoms with E-state index in [0.717, 1.165) is 25.1 Å². The van der Waals surface area contributed by atoms with Crippen molar-refractivity contribution in [2.75, 3.05) is 0 Å². The summed E-state index contributed by atoms with van der Waals surface area (Å²) in [6.07, 6.45) is 7.67. The van der Waals surface area contributed by atoms with Crippen LogP contribution < -0.4 is 5.56 Å². The van der Waals surface area contributed by atoms with E-state index in [1.165, 1.54) is 10.8 Å². The van der Waals surface area contributed by atoms with Gasteiger partial charge in [-0.15, -0.1) is 0 Å². The number of aryl methyl sites for hydroxylation is 2. The van der Waals surface area contributed by atoms with Gasteiger partial charge in [0.1, 0.15) is 6.33 Å². The highest BCUT2D eigenvalue weighted by atomic mass is 16.1. The summed E-state index contributed by atoms with van der Waals surface area (Å²) in [6.45, 7) is 4.84. The van der Waals surface area contributed by atoms with Crippen LogP contribution in [0.4, 0.5) is 0 Å². The van der Waals surface area contributed by atoms with Crippen LogP contribution in [0.3, 0.4) is 0 Å². The SMILES string of the molecule is CCC=CCCn1c(C)cc(=O)n2ncnc12. The molecule has 2 aromatic heterocycles. The largest absolute Gasteiger partial charge is 0.314 e. The molecular formula is C12H16N4O. The fraction of sp³-hybridized carbons (Fsp3) is 0.417. The van der Waals surface area contributed by atoms with Crippen LogP contribution in [0.5, 0.6) is 0 Å². The predicted molar refractivity (Wildman–Crippen MR) is 66.0 cm³/mol. The number of hydrogen-bond acceptors (Lipinski definition) is 3. The quantitative estimate of drug-likeness (QED) is 0.752. The minimum atomic E-state index is -0.129. The molecule has 0 aromatic carbocycles. The Morgan fingerprint density at radius 3 is 3.00 bits per heavy atom. The van der Waals surface area contributed by atoms with Crippen molar-refractivity contribution in [3.05, 3.63) is 40.6 Å². The molecule has 0 bridgehead atoms. The summed E-state index contributed by atoms with van der Waals surface area (Å²) in [4.78, 5) is 15.8. The Morgan fingerprint density at radius 2 is 2.24 bits per heavy atom. The molecule has 2 aromatic rings. The second kappa shape index (κ2) is 4.95. The summed E-state index contributed by atoms with van der Waals surface area (Å²) in [7, 11) is 0. The Hall–Kier alpha value is -1.91. The lowest BCUT2D eigenvalue weighted by Crippen LogP contribution is -2.20. The molecule has 0 N–H and O–H groups in total. The second-order valence-corrected chi connectivity index (χ2v) is 3.92. The van der Waals surface area contributed by atoms with Gasteiger partial charge >= 0.3 is 0 Å². The van der Waals surface area contributed by atoms with Crippen molar-refractivity contribution in [1.29, 1.82) is 0 Å². The first-order valence-corrected chi connectivity index (χ1v) is 5.79. The zero-order valence-electron chi connectivity index (χ0n) is 10.1. The zero-order chi connectivity index (χ0) is 12.3. The summed E-state index contributed by atoms with van der Waals surface area (Å²) in [5.74, 6) is 0.611. The standard InChI is InChI=1S/C12H16N4O/c1-3-4-5-6-7-15-10(2)8-11(17)16-12(15)13-9-14-16/h4-5,8-9H,3,6-7H2,1-2H3. The van der Waals surface area contributed by atoms with Crippen LogP contribution in [0, 0.1) is 6.92 Å². The molecule has 0 atom stereocenters. The summed E-state index contributed by atoms with van der Waals surface area (Å²) in [6, 6.07) is 1.59. The summed E-state index contributed by atoms with van der Waals surface area (Å²) < 4.78 is 3.34. The van der Waals surface area contributed by atoms with E-state index in [4.69, 9.17) is 0 Å². The average Bonchev–Trinajstić information content (AvgIpc) is 2.77. The molecule has 0 aliphatic heterocycles. The smallest absolute Gasteiger partial charge is 0.275 e. The van der Waals surface area contributed by atoms with Gasteiger partial charge in [0.05, 0.1) is 0 Å². The van der Waals surface area contributed by atoms with Crippen LogP contribution in [0.25, 0.3) is 5.78 Å². The lowest BCUT2D eigenvalue weighted by Gasteiger charge is -2.09. The molecule has 17 heavy (non-hydrogen) atoms. The normalized spacial score (nSPS) is 11.6. The van der Waals surface area contributed by atoms with Crippen molar-refractivity contribution in [3.63, 3.8) is 0 Å². The molecule has 0 saturated heterocycles. The minimum absolute atomic E-state index is 0.129. The van der Waals surface area contributed by atoms with Gasteiger partial charge in [-0.1, -0.05) is 19.1 Å². The maximum absolute atomic E-state index is 11.6. The molecular weight excluding hydrogens is 216 g/mol. The van der Waals surface area contributed by atoms with Gasteiger partial charge in [-0.05, 0) is 19.8 Å². The number of allylic oxidation sites excluding steroid dienone is 2. The topological polar surface area (TPSA) is 52.2 Å². The fourth-order valence-electron chi connectivity index (χ4n) is 1.81. The minimum Gasteiger partial charge on any atom is -0.314 e. The van der Waals surface area contributed by atoms with Crippen molar-refractivity contribution in [1.82, 2.24) is 19.2 Å². The average molecular weight is 232 g/mol. The first-order chi connectivity index (χ1) is 8.24. The molecule has 2 rings (SSSR count). The van der Waals surface area contributed by atoms with Gasteiger partial charge in [0, 0.05) is 18.3 Å². The first-order valence-electron chi connectivity index (χ1n) is 5.79. The highest BCUT2D eigenvalue weighted by molar-refractivity contribution is 5.29. The van der Waals surface area contributed by atoms with E-state index in [1.807, 2.05) is 11.5 Å². The predicted octanol–water partition coefficient (Wildman–Crippen LogP) is 1.56. The number of aromatic nitrogens is 4. The third kappa shape index (κ3) is 2.27. The van der Waals surface area contributed by atoms with E-state index in [1.54, 1.807) is 6.07 Å². The van der Waals surface area contributed by atoms with Gasteiger partial charge in [-0.3, -0.25) is 4.79 Å². The Morgan fingerprint density at radius 1 is 1.41 bits per heavy atom. The van der Waals surface area contributed by atoms with E-state index in [0.29, 0.717) is 5.78 Å². The molecule has 0 amide bonds. The lowest BCUT2D eigenvalue weighted by atomic mass is 10.3. The molecule has 0 aliphatic rings. The molecule has 0 saturated carbocycles. The highest BCUT2D eigenvalue weighted by Gasteiger charge is 2.06. The lowest BCUT2D eigenvalue weighted by molar-refractivity contribution is 0.670. The van der Waals surface area contributed by atoms with Crippen LogP contribution in [-0.4, -0.2) is 19.2 Å². The van der Waals surface area contributed by atoms with Crippen molar-refractivity contribution < 1.29 is 0 Å². The molecule has 0 spiro atoms. The maximum atomic E-state index is 11.6. The van der Waals surface area contributed by atoms with E-state index in [2.05, 4.69) is 29.2 Å². The Kier molecular flexibility index (Phi) is 3.37. The van der Waals surface area contributed by atoms with Crippen molar-refractivity contribution >= 4 is 5.78 Å². The Labute approximate surface area is 99.4 Å². The van der Waals surface area contributed by atoms with Gasteiger partial charge in [0.25, 0.3) is 5.56 Å². The summed E-state index contributed by atoms with van der Waals surface area (Å²) in [5, 5.41) is 3.92. The van der Waals surface area contributed by atoms with Crippen LogP contribution >= 0.6 is 0 Å². The van der Waals surface area contributed by atoms with Gasteiger partial charge in [-0.25, -0.2) is 0 Å². The number of rotatable bonds is 4. The third-order valence-corrected chi connectivity index (χ3v) is 2.66. The Bertz CT molecular complexity index is 594. The van der Waals surface area contributed by atoms with Crippen molar-refractivity contribution in [2.24, 2.45) is 0 Å². The molecule has 0 unspecified atom stereocenters. The fourth-order valence-corrected chi connectivity index (χ4v) is 1.81. The van der Waals surface area contributed by atoms with E-state index >= 15 is 0 Å². The van der Waals surface area contributed by atoms with Crippen LogP contribution in [0.1, 0.15) is 25.5 Å². The molecule has 5 heteroatoms. The molecule has 5 nitrogen and oxygen atoms in total. The molecule has 0 fully saturated rings.